The maximum absolute atomic E-state index is 12.7. The largest absolute Gasteiger partial charge is 0.497 e. The van der Waals surface area contributed by atoms with Crippen LogP contribution in [0.15, 0.2) is 42.5 Å². The average molecular weight is 407 g/mol. The summed E-state index contributed by atoms with van der Waals surface area (Å²) in [6.45, 7) is 1.04. The fraction of sp³-hybridized carbons (Fsp3) is 0.300. The van der Waals surface area contributed by atoms with E-state index in [-0.39, 0.29) is 17.7 Å². The van der Waals surface area contributed by atoms with Crippen molar-refractivity contribution in [3.63, 3.8) is 0 Å². The van der Waals surface area contributed by atoms with Crippen LogP contribution in [0, 0.1) is 5.92 Å². The summed E-state index contributed by atoms with van der Waals surface area (Å²) in [4.78, 5) is 27.0. The molecule has 0 unspecified atom stereocenters. The number of methoxy groups -OCH3 is 1. The van der Waals surface area contributed by atoms with Crippen LogP contribution < -0.4 is 10.1 Å². The summed E-state index contributed by atoms with van der Waals surface area (Å²) < 4.78 is 5.17. The Morgan fingerprint density at radius 3 is 2.33 bits per heavy atom. The molecular weight excluding hydrogens is 387 g/mol. The molecule has 1 aliphatic heterocycles. The van der Waals surface area contributed by atoms with Crippen LogP contribution in [0.2, 0.25) is 10.0 Å². The van der Waals surface area contributed by atoms with Crippen molar-refractivity contribution in [1.29, 1.82) is 0 Å². The minimum atomic E-state index is -0.188. The van der Waals surface area contributed by atoms with Crippen LogP contribution in [0.4, 0.5) is 5.69 Å². The van der Waals surface area contributed by atoms with E-state index in [1.807, 2.05) is 0 Å². The highest BCUT2D eigenvalue weighted by atomic mass is 35.5. The second kappa shape index (κ2) is 8.63. The Bertz CT molecular complexity index is 829. The van der Waals surface area contributed by atoms with Gasteiger partial charge in [-0.05, 0) is 43.2 Å². The van der Waals surface area contributed by atoms with Crippen molar-refractivity contribution in [2.75, 3.05) is 25.5 Å². The molecule has 142 valence electrons. The van der Waals surface area contributed by atoms with E-state index in [0.29, 0.717) is 53.0 Å². The van der Waals surface area contributed by atoms with Gasteiger partial charge < -0.3 is 15.0 Å². The molecule has 2 amide bonds. The van der Waals surface area contributed by atoms with Crippen molar-refractivity contribution in [1.82, 2.24) is 4.90 Å². The Morgan fingerprint density at radius 1 is 1.07 bits per heavy atom. The van der Waals surface area contributed by atoms with Crippen LogP contribution in [0.1, 0.15) is 23.2 Å². The number of anilines is 1. The van der Waals surface area contributed by atoms with Crippen molar-refractivity contribution in [2.45, 2.75) is 12.8 Å². The fourth-order valence-electron chi connectivity index (χ4n) is 3.13. The number of para-hydroxylation sites is 1. The number of amides is 2. The number of likely N-dealkylation sites (tertiary alicyclic amines) is 1. The van der Waals surface area contributed by atoms with Crippen molar-refractivity contribution in [3.05, 3.63) is 58.1 Å². The molecule has 0 aliphatic carbocycles. The fourth-order valence-corrected chi connectivity index (χ4v) is 3.62. The zero-order valence-corrected chi connectivity index (χ0v) is 16.4. The Hall–Kier alpha value is -2.24. The van der Waals surface area contributed by atoms with Crippen molar-refractivity contribution in [2.24, 2.45) is 5.92 Å². The third kappa shape index (κ3) is 4.54. The second-order valence-electron chi connectivity index (χ2n) is 6.38. The zero-order chi connectivity index (χ0) is 19.4. The van der Waals surface area contributed by atoms with Gasteiger partial charge >= 0.3 is 0 Å². The predicted octanol–water partition coefficient (Wildman–Crippen LogP) is 4.49. The number of halogens is 2. The van der Waals surface area contributed by atoms with Crippen LogP contribution in [0.3, 0.4) is 0 Å². The third-order valence-electron chi connectivity index (χ3n) is 4.68. The quantitative estimate of drug-likeness (QED) is 0.813. The lowest BCUT2D eigenvalue weighted by atomic mass is 9.95. The first-order valence-electron chi connectivity index (χ1n) is 8.68. The van der Waals surface area contributed by atoms with Crippen molar-refractivity contribution >= 4 is 40.7 Å². The molecule has 3 rings (SSSR count). The number of carbonyl (C=O) groups is 2. The number of nitrogens with one attached hydrogen (secondary N) is 1. The van der Waals surface area contributed by atoms with Crippen molar-refractivity contribution in [3.8, 4) is 5.75 Å². The Morgan fingerprint density at radius 2 is 1.70 bits per heavy atom. The highest BCUT2D eigenvalue weighted by Gasteiger charge is 2.28. The number of hydrogen-bond donors (Lipinski definition) is 1. The molecule has 2 aromatic carbocycles. The first-order chi connectivity index (χ1) is 13.0. The maximum Gasteiger partial charge on any atom is 0.253 e. The topological polar surface area (TPSA) is 58.6 Å². The van der Waals surface area contributed by atoms with Gasteiger partial charge in [0.05, 0.1) is 22.8 Å². The van der Waals surface area contributed by atoms with Crippen LogP contribution >= 0.6 is 23.2 Å². The normalized spacial score (nSPS) is 14.7. The lowest BCUT2D eigenvalue weighted by molar-refractivity contribution is -0.121. The monoisotopic (exact) mass is 406 g/mol. The van der Waals surface area contributed by atoms with E-state index in [0.717, 1.165) is 0 Å². The average Bonchev–Trinajstić information content (AvgIpc) is 2.70. The molecule has 1 fully saturated rings. The Labute approximate surface area is 168 Å². The van der Waals surface area contributed by atoms with Crippen LogP contribution in [-0.4, -0.2) is 36.9 Å². The summed E-state index contributed by atoms with van der Waals surface area (Å²) in [5.41, 5.74) is 1.01. The van der Waals surface area contributed by atoms with Crippen LogP contribution in [0.5, 0.6) is 5.75 Å². The number of carbonyl (C=O) groups excluding carboxylic acids is 2. The van der Waals surface area contributed by atoms with E-state index >= 15 is 0 Å². The number of nitrogens with zero attached hydrogens (tertiary/aromatic N) is 1. The Kier molecular flexibility index (Phi) is 6.24. The second-order valence-corrected chi connectivity index (χ2v) is 7.20. The van der Waals surface area contributed by atoms with Gasteiger partial charge in [0.25, 0.3) is 5.91 Å². The summed E-state index contributed by atoms with van der Waals surface area (Å²) in [5.74, 6) is 0.277. The first-order valence-corrected chi connectivity index (χ1v) is 9.43. The van der Waals surface area contributed by atoms with E-state index in [9.17, 15) is 9.59 Å². The third-order valence-corrected chi connectivity index (χ3v) is 5.31. The number of benzene rings is 2. The molecule has 0 aromatic heterocycles. The summed E-state index contributed by atoms with van der Waals surface area (Å²) in [7, 11) is 1.57. The molecule has 1 heterocycles. The van der Waals surface area contributed by atoms with Crippen LogP contribution in [-0.2, 0) is 4.79 Å². The number of ether oxygens (including phenoxy) is 1. The SMILES string of the molecule is COc1cccc(C(=O)N2CCC(C(=O)Nc3c(Cl)cccc3Cl)CC2)c1. The van der Waals surface area contributed by atoms with E-state index in [2.05, 4.69) is 5.32 Å². The molecular formula is C20H20Cl2N2O3. The molecule has 1 N–H and O–H groups in total. The zero-order valence-electron chi connectivity index (χ0n) is 14.9. The van der Waals surface area contributed by atoms with Gasteiger partial charge in [0.2, 0.25) is 5.91 Å². The number of rotatable bonds is 4. The number of piperidine rings is 1. The van der Waals surface area contributed by atoms with E-state index in [1.165, 1.54) is 0 Å². The molecule has 0 saturated carbocycles. The lowest BCUT2D eigenvalue weighted by Crippen LogP contribution is -2.41. The standard InChI is InChI=1S/C20H20Cl2N2O3/c1-27-15-5-2-4-14(12-15)20(26)24-10-8-13(9-11-24)19(25)23-18-16(21)6-3-7-17(18)22/h2-7,12-13H,8-11H2,1H3,(H,23,25). The highest BCUT2D eigenvalue weighted by Crippen LogP contribution is 2.31. The van der Waals surface area contributed by atoms with Gasteiger partial charge in [-0.25, -0.2) is 0 Å². The molecule has 2 aromatic rings. The Balaban J connectivity index is 1.59. The smallest absolute Gasteiger partial charge is 0.253 e. The summed E-state index contributed by atoms with van der Waals surface area (Å²) >= 11 is 12.2. The molecule has 0 spiro atoms. The van der Waals surface area contributed by atoms with Gasteiger partial charge in [-0.15, -0.1) is 0 Å². The van der Waals surface area contributed by atoms with Crippen LogP contribution in [0.25, 0.3) is 0 Å². The van der Waals surface area contributed by atoms with Gasteiger partial charge in [-0.1, -0.05) is 35.3 Å². The molecule has 1 saturated heterocycles. The molecule has 0 radical (unpaired) electrons. The van der Waals surface area contributed by atoms with Crippen molar-refractivity contribution < 1.29 is 14.3 Å². The van der Waals surface area contributed by atoms with Gasteiger partial charge in [-0.3, -0.25) is 9.59 Å². The first kappa shape index (κ1) is 19.5. The minimum Gasteiger partial charge on any atom is -0.497 e. The molecule has 0 atom stereocenters. The van der Waals surface area contributed by atoms with E-state index in [4.69, 9.17) is 27.9 Å². The van der Waals surface area contributed by atoms with Gasteiger partial charge in [0, 0.05) is 24.6 Å². The van der Waals surface area contributed by atoms with E-state index in [1.54, 1.807) is 54.5 Å². The summed E-state index contributed by atoms with van der Waals surface area (Å²) in [6, 6.07) is 12.2. The summed E-state index contributed by atoms with van der Waals surface area (Å²) in [6.07, 6.45) is 1.17. The lowest BCUT2D eigenvalue weighted by Gasteiger charge is -2.31. The predicted molar refractivity (Wildman–Crippen MR) is 107 cm³/mol. The van der Waals surface area contributed by atoms with E-state index < -0.39 is 0 Å². The molecule has 0 bridgehead atoms. The minimum absolute atomic E-state index is 0.0538. The molecule has 5 nitrogen and oxygen atoms in total. The highest BCUT2D eigenvalue weighted by molar-refractivity contribution is 6.39. The van der Waals surface area contributed by atoms with Gasteiger partial charge in [0.1, 0.15) is 5.75 Å². The number of hydrogen-bond acceptors (Lipinski definition) is 3. The molecule has 7 heteroatoms. The molecule has 27 heavy (non-hydrogen) atoms. The molecule has 1 aliphatic rings. The summed E-state index contributed by atoms with van der Waals surface area (Å²) in [5, 5.41) is 3.62. The van der Waals surface area contributed by atoms with Gasteiger partial charge in [-0.2, -0.15) is 0 Å². The van der Waals surface area contributed by atoms with Gasteiger partial charge in [0.15, 0.2) is 0 Å². The maximum atomic E-state index is 12.7.